The summed E-state index contributed by atoms with van der Waals surface area (Å²) in [6.45, 7) is -1.83. The topological polar surface area (TPSA) is 137 Å². The zero-order chi connectivity index (χ0) is 24.1. The minimum absolute atomic E-state index is 0.0173. The fourth-order valence-corrected chi connectivity index (χ4v) is 3.06. The van der Waals surface area contributed by atoms with Gasteiger partial charge in [0, 0.05) is 17.5 Å². The molecule has 9 nitrogen and oxygen atoms in total. The molecule has 0 bridgehead atoms. The maximum absolute atomic E-state index is 14.0. The molecule has 0 amide bonds. The average molecular weight is 469 g/mol. The molecule has 33 heavy (non-hydrogen) atoms. The predicted octanol–water partition coefficient (Wildman–Crippen LogP) is 1.45. The number of nitrogens with one attached hydrogen (secondary N) is 1. The van der Waals surface area contributed by atoms with E-state index in [0.29, 0.717) is 5.39 Å². The molecule has 0 saturated carbocycles. The van der Waals surface area contributed by atoms with E-state index in [1.54, 1.807) is 0 Å². The average Bonchev–Trinajstić information content (AvgIpc) is 2.82. The van der Waals surface area contributed by atoms with E-state index < -0.39 is 49.3 Å². The van der Waals surface area contributed by atoms with Gasteiger partial charge in [-0.3, -0.25) is 0 Å². The van der Waals surface area contributed by atoms with Gasteiger partial charge in [0.25, 0.3) is 0 Å². The third kappa shape index (κ3) is 5.42. The molecule has 0 saturated heterocycles. The Hall–Kier alpha value is -3.19. The van der Waals surface area contributed by atoms with Crippen LogP contribution in [0.15, 0.2) is 36.7 Å². The second-order valence-corrected chi connectivity index (χ2v) is 7.01. The van der Waals surface area contributed by atoms with Crippen LogP contribution >= 0.6 is 0 Å². The van der Waals surface area contributed by atoms with Crippen molar-refractivity contribution < 1.29 is 43.1 Å². The number of aliphatic hydroxyl groups excluding tert-OH is 4. The smallest absolute Gasteiger partial charge is 0.164 e. The van der Waals surface area contributed by atoms with E-state index in [-0.39, 0.29) is 28.5 Å². The number of ether oxygens (including phenoxy) is 2. The fraction of sp³-hybridized carbons (Fsp3) is 0.333. The van der Waals surface area contributed by atoms with E-state index in [4.69, 9.17) is 14.6 Å². The van der Waals surface area contributed by atoms with Crippen molar-refractivity contribution in [3.63, 3.8) is 0 Å². The number of methoxy groups -OCH3 is 1. The van der Waals surface area contributed by atoms with Crippen molar-refractivity contribution in [1.82, 2.24) is 9.97 Å². The number of fused-ring (bicyclic) bond motifs is 1. The van der Waals surface area contributed by atoms with Gasteiger partial charge in [-0.2, -0.15) is 0 Å². The lowest BCUT2D eigenvalue weighted by Crippen LogP contribution is -2.48. The molecule has 0 spiro atoms. The van der Waals surface area contributed by atoms with E-state index in [2.05, 4.69) is 15.3 Å². The van der Waals surface area contributed by atoms with E-state index in [0.717, 1.165) is 24.5 Å². The quantitative estimate of drug-likeness (QED) is 0.299. The van der Waals surface area contributed by atoms with Gasteiger partial charge in [-0.1, -0.05) is 0 Å². The summed E-state index contributed by atoms with van der Waals surface area (Å²) >= 11 is 0. The zero-order valence-corrected chi connectivity index (χ0v) is 17.3. The van der Waals surface area contributed by atoms with E-state index in [1.807, 2.05) is 0 Å². The Morgan fingerprint density at radius 3 is 2.42 bits per heavy atom. The first-order chi connectivity index (χ1) is 15.8. The number of aliphatic hydroxyl groups is 4. The molecule has 5 N–H and O–H groups in total. The molecule has 1 heterocycles. The maximum Gasteiger partial charge on any atom is 0.164 e. The second-order valence-electron chi connectivity index (χ2n) is 7.01. The van der Waals surface area contributed by atoms with Gasteiger partial charge in [0.05, 0.1) is 31.5 Å². The lowest BCUT2D eigenvalue weighted by atomic mass is 10.0. The van der Waals surface area contributed by atoms with E-state index in [1.165, 1.54) is 19.2 Å². The van der Waals surface area contributed by atoms with Crippen LogP contribution in [0.25, 0.3) is 10.9 Å². The highest BCUT2D eigenvalue weighted by Crippen LogP contribution is 2.36. The van der Waals surface area contributed by atoms with Gasteiger partial charge in [0.2, 0.25) is 0 Å². The summed E-state index contributed by atoms with van der Waals surface area (Å²) in [7, 11) is 1.31. The Bertz CT molecular complexity index is 1110. The summed E-state index contributed by atoms with van der Waals surface area (Å²) in [6.07, 6.45) is -6.36. The van der Waals surface area contributed by atoms with Crippen molar-refractivity contribution in [2.24, 2.45) is 0 Å². The van der Waals surface area contributed by atoms with E-state index in [9.17, 15) is 28.5 Å². The normalized spacial score (nSPS) is 15.0. The fourth-order valence-electron chi connectivity index (χ4n) is 3.06. The van der Waals surface area contributed by atoms with Crippen LogP contribution < -0.4 is 14.8 Å². The molecule has 0 aliphatic heterocycles. The second kappa shape index (κ2) is 10.6. The molecule has 0 aliphatic carbocycles. The van der Waals surface area contributed by atoms with Crippen molar-refractivity contribution in [3.8, 4) is 11.5 Å². The molecule has 0 radical (unpaired) electrons. The van der Waals surface area contributed by atoms with Crippen LogP contribution in [0.2, 0.25) is 0 Å². The van der Waals surface area contributed by atoms with Crippen molar-refractivity contribution in [1.29, 1.82) is 0 Å². The van der Waals surface area contributed by atoms with Crippen molar-refractivity contribution in [2.45, 2.75) is 24.5 Å². The number of hydrogen-bond donors (Lipinski definition) is 5. The first-order valence-electron chi connectivity index (χ1n) is 9.72. The van der Waals surface area contributed by atoms with Gasteiger partial charge in [-0.05, 0) is 18.2 Å². The van der Waals surface area contributed by atoms with Gasteiger partial charge in [-0.15, -0.1) is 0 Å². The van der Waals surface area contributed by atoms with Crippen LogP contribution in [0.5, 0.6) is 11.5 Å². The molecular weight excluding hydrogens is 447 g/mol. The Labute approximate surface area is 186 Å². The summed E-state index contributed by atoms with van der Waals surface area (Å²) in [5.41, 5.74) is 0.113. The molecule has 3 aromatic rings. The van der Waals surface area contributed by atoms with E-state index >= 15 is 0 Å². The van der Waals surface area contributed by atoms with Crippen LogP contribution in [0, 0.1) is 11.6 Å². The van der Waals surface area contributed by atoms with Gasteiger partial charge in [-0.25, -0.2) is 23.1 Å². The lowest BCUT2D eigenvalue weighted by molar-refractivity contribution is -0.0981. The Balaban J connectivity index is 1.95. The molecule has 0 unspecified atom stereocenters. The van der Waals surface area contributed by atoms with Crippen LogP contribution in [0.3, 0.4) is 0 Å². The standard InChI is InChI=1S/C21H22F3N3O6/c1-32-16-5-11-14(6-17(16)33-18(8-29)20(31)19(30)13(24)7-28)25-9-26-21(11)27-15-4-10(22)2-3-12(15)23/h2-6,9,13,18-20,28-31H,7-8H2,1H3,(H,25,26,27)/t13-,18-,19+,20+/m1/s1. The summed E-state index contributed by atoms with van der Waals surface area (Å²) < 4.78 is 51.9. The number of hydrogen-bond acceptors (Lipinski definition) is 9. The Kier molecular flexibility index (Phi) is 7.87. The predicted molar refractivity (Wildman–Crippen MR) is 111 cm³/mol. The molecular formula is C21H22F3N3O6. The van der Waals surface area contributed by atoms with Gasteiger partial charge >= 0.3 is 0 Å². The minimum atomic E-state index is -2.15. The minimum Gasteiger partial charge on any atom is -0.493 e. The monoisotopic (exact) mass is 469 g/mol. The molecule has 0 aliphatic rings. The Morgan fingerprint density at radius 2 is 1.76 bits per heavy atom. The first-order valence-corrected chi connectivity index (χ1v) is 9.72. The molecule has 3 rings (SSSR count). The number of anilines is 2. The van der Waals surface area contributed by atoms with Crippen LogP contribution in [-0.2, 0) is 0 Å². The third-order valence-electron chi connectivity index (χ3n) is 4.84. The Morgan fingerprint density at radius 1 is 1.00 bits per heavy atom. The first kappa shape index (κ1) is 24.5. The number of benzene rings is 2. The summed E-state index contributed by atoms with van der Waals surface area (Å²) in [5, 5.41) is 41.4. The maximum atomic E-state index is 14.0. The summed E-state index contributed by atoms with van der Waals surface area (Å²) in [5.74, 6) is -1.16. The van der Waals surface area contributed by atoms with Gasteiger partial charge in [0.1, 0.15) is 36.0 Å². The zero-order valence-electron chi connectivity index (χ0n) is 17.3. The van der Waals surface area contributed by atoms with Gasteiger partial charge < -0.3 is 35.2 Å². The largest absolute Gasteiger partial charge is 0.493 e. The van der Waals surface area contributed by atoms with Crippen LogP contribution in [-0.4, -0.2) is 75.2 Å². The molecule has 0 fully saturated rings. The van der Waals surface area contributed by atoms with Crippen molar-refractivity contribution in [3.05, 3.63) is 48.3 Å². The van der Waals surface area contributed by atoms with Crippen molar-refractivity contribution in [2.75, 3.05) is 25.6 Å². The number of alkyl halides is 1. The molecule has 12 heteroatoms. The number of nitrogens with zero attached hydrogens (tertiary/aromatic N) is 2. The van der Waals surface area contributed by atoms with Crippen LogP contribution in [0.4, 0.5) is 24.7 Å². The SMILES string of the molecule is COc1cc2c(Nc3cc(F)ccc3F)ncnc2cc1O[C@H](CO)[C@H](O)[C@@H](O)[C@H](F)CO. The highest BCUT2D eigenvalue weighted by atomic mass is 19.1. The molecule has 4 atom stereocenters. The van der Waals surface area contributed by atoms with Gasteiger partial charge in [0.15, 0.2) is 23.8 Å². The molecule has 1 aromatic heterocycles. The summed E-state index contributed by atoms with van der Waals surface area (Å²) in [4.78, 5) is 8.14. The molecule has 178 valence electrons. The lowest BCUT2D eigenvalue weighted by Gasteiger charge is -2.28. The highest BCUT2D eigenvalue weighted by Gasteiger charge is 2.34. The molecule has 2 aromatic carbocycles. The number of aromatic nitrogens is 2. The number of rotatable bonds is 10. The third-order valence-corrected chi connectivity index (χ3v) is 4.84. The highest BCUT2D eigenvalue weighted by molar-refractivity contribution is 5.93. The van der Waals surface area contributed by atoms with Crippen molar-refractivity contribution >= 4 is 22.4 Å². The summed E-state index contributed by atoms with van der Waals surface area (Å²) in [6, 6.07) is 5.68. The van der Waals surface area contributed by atoms with Crippen LogP contribution in [0.1, 0.15) is 0 Å². The number of halogens is 3.